The zero-order chi connectivity index (χ0) is 13.0. The Hall–Kier alpha value is -2.13. The van der Waals surface area contributed by atoms with Crippen molar-refractivity contribution in [1.82, 2.24) is 4.98 Å². The zero-order valence-electron chi connectivity index (χ0n) is 9.47. The van der Waals surface area contributed by atoms with E-state index in [9.17, 15) is 4.79 Å². The van der Waals surface area contributed by atoms with Gasteiger partial charge in [0.15, 0.2) is 0 Å². The van der Waals surface area contributed by atoms with Crippen LogP contribution in [-0.2, 0) is 0 Å². The minimum Gasteiger partial charge on any atom is -0.420 e. The van der Waals surface area contributed by atoms with Crippen molar-refractivity contribution in [1.29, 1.82) is 0 Å². The average Bonchev–Trinajstić information content (AvgIpc) is 2.42. The van der Waals surface area contributed by atoms with Crippen molar-refractivity contribution in [2.24, 2.45) is 0 Å². The Morgan fingerprint density at radius 3 is 2.78 bits per heavy atom. The molecule has 0 saturated carbocycles. The van der Waals surface area contributed by atoms with Gasteiger partial charge in [0.25, 0.3) is 0 Å². The number of benzene rings is 1. The smallest absolute Gasteiger partial charge is 0.362 e. The summed E-state index contributed by atoms with van der Waals surface area (Å²) in [7, 11) is 0. The molecular formula is C14H10ClNO2. The molecule has 1 aromatic heterocycles. The minimum atomic E-state index is -0.538. The summed E-state index contributed by atoms with van der Waals surface area (Å²) >= 11 is 5.99. The molecule has 2 rings (SSSR count). The Kier molecular flexibility index (Phi) is 3.75. The van der Waals surface area contributed by atoms with Crippen LogP contribution in [0.2, 0.25) is 5.02 Å². The first kappa shape index (κ1) is 12.3. The van der Waals surface area contributed by atoms with Gasteiger partial charge in [0.2, 0.25) is 0 Å². The number of aromatic nitrogens is 1. The molecule has 0 fully saturated rings. The van der Waals surface area contributed by atoms with E-state index in [-0.39, 0.29) is 5.69 Å². The number of rotatable bonds is 3. The number of ether oxygens (including phenoxy) is 1. The van der Waals surface area contributed by atoms with E-state index in [1.54, 1.807) is 42.5 Å². The van der Waals surface area contributed by atoms with Gasteiger partial charge in [-0.3, -0.25) is 0 Å². The number of nitrogens with zero attached hydrogens (tertiary/aromatic N) is 1. The maximum absolute atomic E-state index is 11.8. The third-order valence-electron chi connectivity index (χ3n) is 2.27. The first-order valence-electron chi connectivity index (χ1n) is 5.26. The molecule has 90 valence electrons. The number of hydrogen-bond acceptors (Lipinski definition) is 3. The van der Waals surface area contributed by atoms with Gasteiger partial charge in [-0.2, -0.15) is 0 Å². The van der Waals surface area contributed by atoms with Crippen LogP contribution in [0.25, 0.3) is 6.08 Å². The maximum Gasteiger partial charge on any atom is 0.362 e. The highest BCUT2D eigenvalue weighted by molar-refractivity contribution is 6.32. The molecule has 0 aliphatic carbocycles. The van der Waals surface area contributed by atoms with Crippen LogP contribution in [-0.4, -0.2) is 11.0 Å². The van der Waals surface area contributed by atoms with Crippen molar-refractivity contribution < 1.29 is 9.53 Å². The summed E-state index contributed by atoms with van der Waals surface area (Å²) in [4.78, 5) is 15.7. The lowest BCUT2D eigenvalue weighted by molar-refractivity contribution is 0.0728. The van der Waals surface area contributed by atoms with Crippen molar-refractivity contribution in [2.75, 3.05) is 0 Å². The average molecular weight is 260 g/mol. The minimum absolute atomic E-state index is 0.237. The summed E-state index contributed by atoms with van der Waals surface area (Å²) in [5, 5.41) is 0.358. The maximum atomic E-state index is 11.8. The molecule has 0 aliphatic rings. The molecule has 0 amide bonds. The van der Waals surface area contributed by atoms with Gasteiger partial charge < -0.3 is 4.74 Å². The molecular weight excluding hydrogens is 250 g/mol. The molecule has 4 heteroatoms. The van der Waals surface area contributed by atoms with Crippen LogP contribution < -0.4 is 4.74 Å². The molecule has 3 nitrogen and oxygen atoms in total. The van der Waals surface area contributed by atoms with Crippen molar-refractivity contribution in [3.63, 3.8) is 0 Å². The summed E-state index contributed by atoms with van der Waals surface area (Å²) in [5.74, 6) is -0.234. The number of carbonyl (C=O) groups is 1. The third-order valence-corrected chi connectivity index (χ3v) is 2.56. The summed E-state index contributed by atoms with van der Waals surface area (Å²) in [5.41, 5.74) is 1.10. The Morgan fingerprint density at radius 1 is 1.33 bits per heavy atom. The van der Waals surface area contributed by atoms with E-state index in [0.717, 1.165) is 5.56 Å². The van der Waals surface area contributed by atoms with Crippen LogP contribution in [0.3, 0.4) is 0 Å². The molecule has 0 atom stereocenters. The van der Waals surface area contributed by atoms with Gasteiger partial charge in [-0.15, -0.1) is 0 Å². The SMILES string of the molecule is C=Cc1ccc(OC(=O)c2ccccn2)c(Cl)c1. The van der Waals surface area contributed by atoms with Crippen LogP contribution in [0.15, 0.2) is 49.2 Å². The fraction of sp³-hybridized carbons (Fsp3) is 0. The van der Waals surface area contributed by atoms with Gasteiger partial charge in [0, 0.05) is 6.20 Å². The van der Waals surface area contributed by atoms with Crippen LogP contribution in [0, 0.1) is 0 Å². The van der Waals surface area contributed by atoms with E-state index >= 15 is 0 Å². The highest BCUT2D eigenvalue weighted by atomic mass is 35.5. The normalized spacial score (nSPS) is 9.83. The first-order chi connectivity index (χ1) is 8.70. The third kappa shape index (κ3) is 2.76. The van der Waals surface area contributed by atoms with Gasteiger partial charge in [-0.25, -0.2) is 9.78 Å². The summed E-state index contributed by atoms with van der Waals surface area (Å²) in [6.07, 6.45) is 3.19. The first-order valence-corrected chi connectivity index (χ1v) is 5.63. The molecule has 18 heavy (non-hydrogen) atoms. The predicted molar refractivity (Wildman–Crippen MR) is 70.7 cm³/mol. The lowest BCUT2D eigenvalue weighted by Gasteiger charge is -2.06. The number of hydrogen-bond donors (Lipinski definition) is 0. The number of halogens is 1. The lowest BCUT2D eigenvalue weighted by Crippen LogP contribution is -2.10. The Labute approximate surface area is 110 Å². The topological polar surface area (TPSA) is 39.2 Å². The second-order valence-electron chi connectivity index (χ2n) is 3.50. The quantitative estimate of drug-likeness (QED) is 0.625. The highest BCUT2D eigenvalue weighted by Crippen LogP contribution is 2.26. The summed E-state index contributed by atoms with van der Waals surface area (Å²) in [6.45, 7) is 3.63. The Bertz CT molecular complexity index is 582. The number of pyridine rings is 1. The fourth-order valence-corrected chi connectivity index (χ4v) is 1.59. The van der Waals surface area contributed by atoms with Crippen LogP contribution in [0.4, 0.5) is 0 Å². The monoisotopic (exact) mass is 259 g/mol. The van der Waals surface area contributed by atoms with Gasteiger partial charge in [-0.1, -0.05) is 36.4 Å². The second kappa shape index (κ2) is 5.47. The second-order valence-corrected chi connectivity index (χ2v) is 3.91. The van der Waals surface area contributed by atoms with E-state index in [2.05, 4.69) is 11.6 Å². The zero-order valence-corrected chi connectivity index (χ0v) is 10.2. The van der Waals surface area contributed by atoms with Crippen molar-refractivity contribution in [3.05, 3.63) is 65.5 Å². The standard InChI is InChI=1S/C14H10ClNO2/c1-2-10-6-7-13(11(15)9-10)18-14(17)12-5-3-4-8-16-12/h2-9H,1H2. The lowest BCUT2D eigenvalue weighted by atomic mass is 10.2. The summed E-state index contributed by atoms with van der Waals surface area (Å²) < 4.78 is 5.16. The van der Waals surface area contributed by atoms with E-state index in [1.165, 1.54) is 6.20 Å². The molecule has 0 unspecified atom stereocenters. The molecule has 0 N–H and O–H groups in total. The van der Waals surface area contributed by atoms with E-state index < -0.39 is 5.97 Å². The Morgan fingerprint density at radius 2 is 2.17 bits per heavy atom. The molecule has 0 spiro atoms. The van der Waals surface area contributed by atoms with E-state index in [1.807, 2.05) is 0 Å². The van der Waals surface area contributed by atoms with Crippen LogP contribution in [0.1, 0.15) is 16.1 Å². The molecule has 1 heterocycles. The molecule has 1 aromatic carbocycles. The van der Waals surface area contributed by atoms with Crippen molar-refractivity contribution in [3.8, 4) is 5.75 Å². The van der Waals surface area contributed by atoms with E-state index in [0.29, 0.717) is 10.8 Å². The highest BCUT2D eigenvalue weighted by Gasteiger charge is 2.11. The number of esters is 1. The van der Waals surface area contributed by atoms with Gasteiger partial charge in [-0.05, 0) is 29.8 Å². The van der Waals surface area contributed by atoms with Crippen LogP contribution in [0.5, 0.6) is 5.75 Å². The molecule has 2 aromatic rings. The molecule has 0 radical (unpaired) electrons. The van der Waals surface area contributed by atoms with E-state index in [4.69, 9.17) is 16.3 Å². The molecule has 0 bridgehead atoms. The fourth-order valence-electron chi connectivity index (χ4n) is 1.36. The molecule has 0 aliphatic heterocycles. The van der Waals surface area contributed by atoms with Gasteiger partial charge in [0.1, 0.15) is 11.4 Å². The van der Waals surface area contributed by atoms with Crippen LogP contribution >= 0.6 is 11.6 Å². The largest absolute Gasteiger partial charge is 0.420 e. The summed E-state index contributed by atoms with van der Waals surface area (Å²) in [6, 6.07) is 10.1. The van der Waals surface area contributed by atoms with Gasteiger partial charge in [0.05, 0.1) is 5.02 Å². The van der Waals surface area contributed by atoms with Crippen molar-refractivity contribution in [2.45, 2.75) is 0 Å². The predicted octanol–water partition coefficient (Wildman–Crippen LogP) is 3.60. The number of carbonyl (C=O) groups excluding carboxylic acids is 1. The Balaban J connectivity index is 2.20. The van der Waals surface area contributed by atoms with Gasteiger partial charge >= 0.3 is 5.97 Å². The van der Waals surface area contributed by atoms with Crippen molar-refractivity contribution >= 4 is 23.6 Å². The molecule has 0 saturated heterocycles.